The molecular weight excluding hydrogens is 330 g/mol. The molecule has 3 heterocycles. The molecule has 0 N–H and O–H groups in total. The lowest BCUT2D eigenvalue weighted by molar-refractivity contribution is -0.119. The molecule has 3 aromatic rings. The summed E-state index contributed by atoms with van der Waals surface area (Å²) in [6, 6.07) is 11.8. The molecule has 1 aliphatic heterocycles. The first-order chi connectivity index (χ1) is 12.8. The zero-order valence-corrected chi connectivity index (χ0v) is 14.4. The van der Waals surface area contributed by atoms with Crippen LogP contribution in [0.4, 0.5) is 0 Å². The summed E-state index contributed by atoms with van der Waals surface area (Å²) in [5, 5.41) is 4.58. The normalized spacial score (nSPS) is 16.5. The number of aromatic nitrogens is 3. The van der Waals surface area contributed by atoms with Gasteiger partial charge in [0.1, 0.15) is 5.78 Å². The van der Waals surface area contributed by atoms with Crippen molar-refractivity contribution in [2.45, 2.75) is 25.7 Å². The second-order valence-corrected chi connectivity index (χ2v) is 6.84. The van der Waals surface area contributed by atoms with Gasteiger partial charge in [0.25, 0.3) is 0 Å². The summed E-state index contributed by atoms with van der Waals surface area (Å²) in [5.41, 5.74) is 2.63. The quantitative estimate of drug-likeness (QED) is 0.724. The summed E-state index contributed by atoms with van der Waals surface area (Å²) >= 11 is 0. The fraction of sp³-hybridized carbons (Fsp3) is 0.350. The first-order valence-electron chi connectivity index (χ1n) is 9.05. The molecule has 2 aliphatic rings. The molecule has 1 fully saturated rings. The van der Waals surface area contributed by atoms with Crippen molar-refractivity contribution in [2.24, 2.45) is 5.92 Å². The topological polar surface area (TPSA) is 65.7 Å². The predicted octanol–water partition coefficient (Wildman–Crippen LogP) is 3.08. The third-order valence-electron chi connectivity index (χ3n) is 4.81. The smallest absolute Gasteiger partial charge is 0.161 e. The summed E-state index contributed by atoms with van der Waals surface area (Å²) in [7, 11) is 0. The van der Waals surface area contributed by atoms with E-state index < -0.39 is 0 Å². The number of Topliss-reactive ketones (excluding diaryl/α,β-unsaturated/α-hetero) is 1. The van der Waals surface area contributed by atoms with Gasteiger partial charge in [0.15, 0.2) is 23.0 Å². The standard InChI is InChI=1S/C20H19N3O3/c24-16(13-5-6-13)12-19-21-20-4-1-3-15(23(20)22-19)14-7-8-17-18(11-14)26-10-2-9-25-17/h1,3-4,7-8,11,13H,2,5-6,9-10,12H2. The summed E-state index contributed by atoms with van der Waals surface area (Å²) in [6.45, 7) is 1.32. The van der Waals surface area contributed by atoms with Crippen LogP contribution in [-0.4, -0.2) is 33.6 Å². The summed E-state index contributed by atoms with van der Waals surface area (Å²) in [5.74, 6) is 2.58. The van der Waals surface area contributed by atoms with Crippen molar-refractivity contribution in [3.05, 3.63) is 42.2 Å². The number of carbonyl (C=O) groups is 1. The van der Waals surface area contributed by atoms with Crippen LogP contribution in [-0.2, 0) is 11.2 Å². The maximum absolute atomic E-state index is 12.1. The molecule has 1 aliphatic carbocycles. The van der Waals surface area contributed by atoms with Gasteiger partial charge in [-0.3, -0.25) is 4.79 Å². The van der Waals surface area contributed by atoms with Crippen LogP contribution in [0, 0.1) is 5.92 Å². The highest BCUT2D eigenvalue weighted by Crippen LogP contribution is 2.34. The fourth-order valence-electron chi connectivity index (χ4n) is 3.27. The van der Waals surface area contributed by atoms with E-state index in [9.17, 15) is 4.79 Å². The van der Waals surface area contributed by atoms with Crippen molar-refractivity contribution in [2.75, 3.05) is 13.2 Å². The number of ketones is 1. The maximum Gasteiger partial charge on any atom is 0.161 e. The average molecular weight is 349 g/mol. The van der Waals surface area contributed by atoms with E-state index in [2.05, 4.69) is 10.1 Å². The number of nitrogens with zero attached hydrogens (tertiary/aromatic N) is 3. The fourth-order valence-corrected chi connectivity index (χ4v) is 3.27. The molecule has 6 nitrogen and oxygen atoms in total. The van der Waals surface area contributed by atoms with Crippen LogP contribution in [0.25, 0.3) is 16.9 Å². The molecule has 0 saturated heterocycles. The van der Waals surface area contributed by atoms with Gasteiger partial charge in [-0.25, -0.2) is 9.50 Å². The van der Waals surface area contributed by atoms with Crippen LogP contribution < -0.4 is 9.47 Å². The highest BCUT2D eigenvalue weighted by atomic mass is 16.5. The molecule has 26 heavy (non-hydrogen) atoms. The SMILES string of the molecule is O=C(Cc1nc2cccc(-c3ccc4c(c3)OCCCO4)n2n1)C1CC1. The number of hydrogen-bond acceptors (Lipinski definition) is 5. The zero-order valence-electron chi connectivity index (χ0n) is 14.4. The van der Waals surface area contributed by atoms with E-state index in [1.807, 2.05) is 36.4 Å². The van der Waals surface area contributed by atoms with E-state index in [1.165, 1.54) is 0 Å². The summed E-state index contributed by atoms with van der Waals surface area (Å²) < 4.78 is 13.3. The number of carbonyl (C=O) groups excluding carboxylic acids is 1. The van der Waals surface area contributed by atoms with E-state index in [0.29, 0.717) is 25.5 Å². The number of pyridine rings is 1. The monoisotopic (exact) mass is 349 g/mol. The molecule has 5 rings (SSSR count). The molecule has 0 atom stereocenters. The Morgan fingerprint density at radius 3 is 2.81 bits per heavy atom. The molecular formula is C20H19N3O3. The van der Waals surface area contributed by atoms with Crippen LogP contribution in [0.15, 0.2) is 36.4 Å². The van der Waals surface area contributed by atoms with Crippen molar-refractivity contribution >= 4 is 11.4 Å². The molecule has 132 valence electrons. The third kappa shape index (κ3) is 2.81. The average Bonchev–Trinajstić information content (AvgIpc) is 3.45. The Labute approximate surface area is 150 Å². The first-order valence-corrected chi connectivity index (χ1v) is 9.05. The van der Waals surface area contributed by atoms with Crippen molar-refractivity contribution in [1.82, 2.24) is 14.6 Å². The van der Waals surface area contributed by atoms with Gasteiger partial charge in [-0.15, -0.1) is 0 Å². The Hall–Kier alpha value is -2.89. The highest BCUT2D eigenvalue weighted by Gasteiger charge is 2.30. The van der Waals surface area contributed by atoms with Crippen molar-refractivity contribution in [3.8, 4) is 22.8 Å². The minimum atomic E-state index is 0.225. The number of rotatable bonds is 4. The number of hydrogen-bond donors (Lipinski definition) is 0. The van der Waals surface area contributed by atoms with Gasteiger partial charge in [0.05, 0.1) is 25.3 Å². The maximum atomic E-state index is 12.1. The summed E-state index contributed by atoms with van der Waals surface area (Å²) in [4.78, 5) is 16.6. The first kappa shape index (κ1) is 15.4. The van der Waals surface area contributed by atoms with E-state index >= 15 is 0 Å². The number of fused-ring (bicyclic) bond motifs is 2. The van der Waals surface area contributed by atoms with Gasteiger partial charge >= 0.3 is 0 Å². The van der Waals surface area contributed by atoms with Crippen LogP contribution in [0.2, 0.25) is 0 Å². The van der Waals surface area contributed by atoms with E-state index in [-0.39, 0.29) is 11.7 Å². The zero-order chi connectivity index (χ0) is 17.5. The molecule has 1 aromatic carbocycles. The van der Waals surface area contributed by atoms with Crippen molar-refractivity contribution < 1.29 is 14.3 Å². The second kappa shape index (κ2) is 6.12. The molecule has 0 unspecified atom stereocenters. The number of ether oxygens (including phenoxy) is 2. The summed E-state index contributed by atoms with van der Waals surface area (Å²) in [6.07, 6.45) is 3.21. The van der Waals surface area contributed by atoms with Gasteiger partial charge in [0, 0.05) is 17.9 Å². The van der Waals surface area contributed by atoms with E-state index in [4.69, 9.17) is 9.47 Å². The van der Waals surface area contributed by atoms with Crippen LogP contribution >= 0.6 is 0 Å². The lowest BCUT2D eigenvalue weighted by Crippen LogP contribution is -2.06. The Morgan fingerprint density at radius 1 is 1.12 bits per heavy atom. The van der Waals surface area contributed by atoms with E-state index in [1.54, 1.807) is 4.52 Å². The second-order valence-electron chi connectivity index (χ2n) is 6.84. The van der Waals surface area contributed by atoms with Gasteiger partial charge in [0.2, 0.25) is 0 Å². The van der Waals surface area contributed by atoms with Gasteiger partial charge in [-0.2, -0.15) is 5.10 Å². The van der Waals surface area contributed by atoms with Crippen molar-refractivity contribution in [1.29, 1.82) is 0 Å². The molecule has 1 saturated carbocycles. The predicted molar refractivity (Wildman–Crippen MR) is 95.5 cm³/mol. The van der Waals surface area contributed by atoms with Crippen LogP contribution in [0.5, 0.6) is 11.5 Å². The Bertz CT molecular complexity index is 991. The van der Waals surface area contributed by atoms with Gasteiger partial charge in [-0.1, -0.05) is 6.07 Å². The van der Waals surface area contributed by atoms with Crippen LogP contribution in [0.1, 0.15) is 25.1 Å². The van der Waals surface area contributed by atoms with Gasteiger partial charge in [-0.05, 0) is 43.2 Å². The minimum Gasteiger partial charge on any atom is -0.490 e. The number of benzene rings is 1. The third-order valence-corrected chi connectivity index (χ3v) is 4.81. The molecule has 6 heteroatoms. The van der Waals surface area contributed by atoms with Gasteiger partial charge < -0.3 is 9.47 Å². The molecule has 2 aromatic heterocycles. The lowest BCUT2D eigenvalue weighted by Gasteiger charge is -2.10. The van der Waals surface area contributed by atoms with Crippen molar-refractivity contribution in [3.63, 3.8) is 0 Å². The Balaban J connectivity index is 1.53. The molecule has 0 amide bonds. The van der Waals surface area contributed by atoms with E-state index in [0.717, 1.165) is 47.7 Å². The lowest BCUT2D eigenvalue weighted by atomic mass is 10.1. The Morgan fingerprint density at radius 2 is 1.96 bits per heavy atom. The highest BCUT2D eigenvalue weighted by molar-refractivity contribution is 5.84. The molecule has 0 spiro atoms. The Kier molecular flexibility index (Phi) is 3.62. The molecule has 0 bridgehead atoms. The molecule has 0 radical (unpaired) electrons. The minimum absolute atomic E-state index is 0.225. The largest absolute Gasteiger partial charge is 0.490 e. The van der Waals surface area contributed by atoms with Crippen LogP contribution in [0.3, 0.4) is 0 Å².